The fourth-order valence-electron chi connectivity index (χ4n) is 2.44. The van der Waals surface area contributed by atoms with Crippen molar-refractivity contribution in [3.8, 4) is 5.75 Å². The van der Waals surface area contributed by atoms with Gasteiger partial charge < -0.3 is 19.5 Å². The lowest BCUT2D eigenvalue weighted by molar-refractivity contribution is 0.0691. The minimum atomic E-state index is -0.960. The molecule has 1 aliphatic rings. The topological polar surface area (TPSA) is 59.0 Å². The molecule has 5 heteroatoms. The van der Waals surface area contributed by atoms with E-state index in [0.717, 1.165) is 18.7 Å². The summed E-state index contributed by atoms with van der Waals surface area (Å²) in [6.07, 6.45) is 0.935. The van der Waals surface area contributed by atoms with E-state index in [1.165, 1.54) is 0 Å². The number of carboxylic acid groups (broad SMARTS) is 1. The van der Waals surface area contributed by atoms with Crippen molar-refractivity contribution in [1.82, 2.24) is 0 Å². The fourth-order valence-corrected chi connectivity index (χ4v) is 2.44. The molecule has 1 aromatic carbocycles. The molecule has 0 amide bonds. The molecule has 5 nitrogen and oxygen atoms in total. The van der Waals surface area contributed by atoms with Crippen molar-refractivity contribution in [1.29, 1.82) is 0 Å². The van der Waals surface area contributed by atoms with Gasteiger partial charge in [-0.2, -0.15) is 0 Å². The molecule has 0 spiro atoms. The van der Waals surface area contributed by atoms with Crippen LogP contribution in [0.4, 0.5) is 5.69 Å². The summed E-state index contributed by atoms with van der Waals surface area (Å²) in [6, 6.07) is 5.46. The van der Waals surface area contributed by atoms with Crippen molar-refractivity contribution >= 4 is 11.7 Å². The molecule has 19 heavy (non-hydrogen) atoms. The molecule has 2 rings (SSSR count). The van der Waals surface area contributed by atoms with Gasteiger partial charge in [-0.15, -0.1) is 0 Å². The van der Waals surface area contributed by atoms with Crippen molar-refractivity contribution in [3.05, 3.63) is 23.8 Å². The van der Waals surface area contributed by atoms with Crippen molar-refractivity contribution in [2.75, 3.05) is 31.8 Å². The Morgan fingerprint density at radius 1 is 1.58 bits per heavy atom. The van der Waals surface area contributed by atoms with Gasteiger partial charge in [0.05, 0.1) is 24.9 Å². The third-order valence-corrected chi connectivity index (χ3v) is 3.38. The van der Waals surface area contributed by atoms with Crippen LogP contribution in [0.1, 0.15) is 23.7 Å². The first-order valence-corrected chi connectivity index (χ1v) is 6.43. The largest absolute Gasteiger partial charge is 0.489 e. The molecule has 0 fully saturated rings. The smallest absolute Gasteiger partial charge is 0.339 e. The first-order chi connectivity index (χ1) is 9.19. The second kappa shape index (κ2) is 5.93. The van der Waals surface area contributed by atoms with E-state index in [-0.39, 0.29) is 11.6 Å². The summed E-state index contributed by atoms with van der Waals surface area (Å²) in [5, 5.41) is 9.20. The number of fused-ring (bicyclic) bond motifs is 1. The Hall–Kier alpha value is -1.75. The molecular formula is C14H19NO4. The van der Waals surface area contributed by atoms with E-state index in [1.807, 2.05) is 6.07 Å². The number of carboxylic acids is 1. The van der Waals surface area contributed by atoms with Crippen LogP contribution in [0.2, 0.25) is 0 Å². The number of methoxy groups -OCH3 is 1. The van der Waals surface area contributed by atoms with Crippen LogP contribution in [0.25, 0.3) is 0 Å². The maximum absolute atomic E-state index is 11.2. The van der Waals surface area contributed by atoms with E-state index in [4.69, 9.17) is 9.47 Å². The number of hydrogen-bond donors (Lipinski definition) is 1. The van der Waals surface area contributed by atoms with Gasteiger partial charge in [0, 0.05) is 7.11 Å². The van der Waals surface area contributed by atoms with Gasteiger partial charge in [0.2, 0.25) is 0 Å². The van der Waals surface area contributed by atoms with Crippen LogP contribution in [0.15, 0.2) is 18.2 Å². The van der Waals surface area contributed by atoms with Crippen LogP contribution in [-0.4, -0.2) is 44.0 Å². The molecule has 104 valence electrons. The molecule has 1 unspecified atom stereocenters. The fraction of sp³-hybridized carbons (Fsp3) is 0.500. The highest BCUT2D eigenvalue weighted by Gasteiger charge is 2.27. The second-order valence-corrected chi connectivity index (χ2v) is 4.52. The molecule has 1 N–H and O–H groups in total. The van der Waals surface area contributed by atoms with Crippen molar-refractivity contribution in [3.63, 3.8) is 0 Å². The minimum Gasteiger partial charge on any atom is -0.489 e. The number of nitrogens with zero attached hydrogens (tertiary/aromatic N) is 1. The number of hydrogen-bond acceptors (Lipinski definition) is 4. The molecule has 0 saturated heterocycles. The van der Waals surface area contributed by atoms with Gasteiger partial charge in [-0.3, -0.25) is 0 Å². The summed E-state index contributed by atoms with van der Waals surface area (Å²) >= 11 is 0. The SMILES string of the molecule is CCC(COC)N1CCOc2c(C(=O)O)cccc21. The zero-order chi connectivity index (χ0) is 13.8. The van der Waals surface area contributed by atoms with Crippen LogP contribution in [0.5, 0.6) is 5.75 Å². The first-order valence-electron chi connectivity index (χ1n) is 6.43. The number of rotatable bonds is 5. The van der Waals surface area contributed by atoms with E-state index in [2.05, 4.69) is 11.8 Å². The van der Waals surface area contributed by atoms with Crippen LogP contribution in [0, 0.1) is 0 Å². The van der Waals surface area contributed by atoms with Crippen LogP contribution >= 0.6 is 0 Å². The Bertz CT molecular complexity index is 461. The van der Waals surface area contributed by atoms with Crippen molar-refractivity contribution in [2.45, 2.75) is 19.4 Å². The molecule has 1 atom stereocenters. The lowest BCUT2D eigenvalue weighted by Crippen LogP contribution is -2.43. The monoisotopic (exact) mass is 265 g/mol. The Labute approximate surface area is 112 Å². The maximum atomic E-state index is 11.2. The molecule has 1 aliphatic heterocycles. The average Bonchev–Trinajstić information content (AvgIpc) is 2.43. The standard InChI is InChI=1S/C14H19NO4/c1-3-10(9-18-2)15-7-8-19-13-11(14(16)17)5-4-6-12(13)15/h4-6,10H,3,7-9H2,1-2H3,(H,16,17). The first kappa shape index (κ1) is 13.7. The van der Waals surface area contributed by atoms with Gasteiger partial charge in [-0.1, -0.05) is 13.0 Å². The van der Waals surface area contributed by atoms with Gasteiger partial charge in [-0.05, 0) is 18.6 Å². The number of aromatic carboxylic acids is 1. The normalized spacial score (nSPS) is 15.6. The quantitative estimate of drug-likeness (QED) is 0.882. The molecule has 0 radical (unpaired) electrons. The third kappa shape index (κ3) is 2.66. The molecule has 0 aliphatic carbocycles. The van der Waals surface area contributed by atoms with E-state index in [1.54, 1.807) is 19.2 Å². The van der Waals surface area contributed by atoms with E-state index >= 15 is 0 Å². The van der Waals surface area contributed by atoms with Crippen molar-refractivity contribution < 1.29 is 19.4 Å². The van der Waals surface area contributed by atoms with E-state index < -0.39 is 5.97 Å². The number of ether oxygens (including phenoxy) is 2. The van der Waals surface area contributed by atoms with Gasteiger partial charge in [0.1, 0.15) is 12.2 Å². The zero-order valence-corrected chi connectivity index (χ0v) is 11.3. The lowest BCUT2D eigenvalue weighted by atomic mass is 10.1. The highest BCUT2D eigenvalue weighted by molar-refractivity contribution is 5.93. The van der Waals surface area contributed by atoms with Gasteiger partial charge in [0.25, 0.3) is 0 Å². The highest BCUT2D eigenvalue weighted by Crippen LogP contribution is 2.36. The second-order valence-electron chi connectivity index (χ2n) is 4.52. The van der Waals surface area contributed by atoms with Gasteiger partial charge >= 0.3 is 5.97 Å². The Morgan fingerprint density at radius 2 is 2.37 bits per heavy atom. The van der Waals surface area contributed by atoms with Gasteiger partial charge in [0.15, 0.2) is 5.75 Å². The summed E-state index contributed by atoms with van der Waals surface area (Å²) in [7, 11) is 1.68. The molecule has 1 aromatic rings. The average molecular weight is 265 g/mol. The summed E-state index contributed by atoms with van der Waals surface area (Å²) in [4.78, 5) is 13.4. The Morgan fingerprint density at radius 3 is 3.00 bits per heavy atom. The number of carbonyl (C=O) groups is 1. The van der Waals surface area contributed by atoms with Crippen LogP contribution in [0.3, 0.4) is 0 Å². The lowest BCUT2D eigenvalue weighted by Gasteiger charge is -2.37. The predicted molar refractivity (Wildman–Crippen MR) is 72.2 cm³/mol. The number of benzene rings is 1. The summed E-state index contributed by atoms with van der Waals surface area (Å²) in [5.74, 6) is -0.491. The number of para-hydroxylation sites is 1. The molecule has 0 bridgehead atoms. The molecule has 0 aromatic heterocycles. The molecular weight excluding hydrogens is 246 g/mol. The van der Waals surface area contributed by atoms with E-state index in [0.29, 0.717) is 19.0 Å². The number of anilines is 1. The minimum absolute atomic E-state index is 0.217. The Kier molecular flexibility index (Phi) is 4.27. The summed E-state index contributed by atoms with van der Waals surface area (Å²) < 4.78 is 10.8. The summed E-state index contributed by atoms with van der Waals surface area (Å²) in [6.45, 7) is 3.96. The van der Waals surface area contributed by atoms with Crippen molar-refractivity contribution in [2.24, 2.45) is 0 Å². The Balaban J connectivity index is 2.39. The van der Waals surface area contributed by atoms with Gasteiger partial charge in [-0.25, -0.2) is 4.79 Å². The van der Waals surface area contributed by atoms with Crippen LogP contribution in [-0.2, 0) is 4.74 Å². The molecule has 0 saturated carbocycles. The zero-order valence-electron chi connectivity index (χ0n) is 11.3. The highest BCUT2D eigenvalue weighted by atomic mass is 16.5. The maximum Gasteiger partial charge on any atom is 0.339 e. The predicted octanol–water partition coefficient (Wildman–Crippen LogP) is 2.01. The van der Waals surface area contributed by atoms with Crippen LogP contribution < -0.4 is 9.64 Å². The third-order valence-electron chi connectivity index (χ3n) is 3.38. The summed E-state index contributed by atoms with van der Waals surface area (Å²) in [5.41, 5.74) is 1.06. The van der Waals surface area contributed by atoms with E-state index in [9.17, 15) is 9.90 Å². The molecule has 1 heterocycles.